The lowest BCUT2D eigenvalue weighted by atomic mass is 9.97. The normalized spacial score (nSPS) is 10.9. The fourth-order valence-corrected chi connectivity index (χ4v) is 3.39. The van der Waals surface area contributed by atoms with Crippen LogP contribution in [0.15, 0.2) is 48.5 Å². The largest absolute Gasteiger partial charge is 0.392 e. The second-order valence-corrected chi connectivity index (χ2v) is 7.03. The van der Waals surface area contributed by atoms with Gasteiger partial charge in [-0.25, -0.2) is 0 Å². The predicted octanol–water partition coefficient (Wildman–Crippen LogP) is 4.50. The zero-order chi connectivity index (χ0) is 21.5. The van der Waals surface area contributed by atoms with Crippen molar-refractivity contribution in [2.75, 3.05) is 26.2 Å². The summed E-state index contributed by atoms with van der Waals surface area (Å²) >= 11 is 0. The molecule has 2 rings (SSSR count). The van der Waals surface area contributed by atoms with E-state index in [9.17, 15) is 10.2 Å². The van der Waals surface area contributed by atoms with Gasteiger partial charge >= 0.3 is 0 Å². The molecule has 0 aromatic heterocycles. The number of aliphatic hydroxyl groups is 2. The van der Waals surface area contributed by atoms with E-state index in [2.05, 4.69) is 48.3 Å². The van der Waals surface area contributed by atoms with Gasteiger partial charge in [0.15, 0.2) is 0 Å². The highest BCUT2D eigenvalue weighted by Gasteiger charge is 2.14. The first-order chi connectivity index (χ1) is 14.2. The second-order valence-electron chi connectivity index (χ2n) is 7.03. The number of nitrogens with one attached hydrogen (secondary N) is 1. The third-order valence-electron chi connectivity index (χ3n) is 4.85. The Morgan fingerprint density at radius 3 is 1.48 bits per heavy atom. The van der Waals surface area contributed by atoms with Gasteiger partial charge in [0.05, 0.1) is 19.3 Å². The van der Waals surface area contributed by atoms with Gasteiger partial charge in [-0.2, -0.15) is 0 Å². The Bertz CT molecular complexity index is 587. The van der Waals surface area contributed by atoms with Gasteiger partial charge in [0, 0.05) is 13.1 Å². The molecule has 0 radical (unpaired) electrons. The van der Waals surface area contributed by atoms with Gasteiger partial charge in [-0.05, 0) is 48.2 Å². The summed E-state index contributed by atoms with van der Waals surface area (Å²) in [6.45, 7) is 12.8. The Morgan fingerprint density at radius 1 is 0.724 bits per heavy atom. The number of rotatable bonds is 12. The average molecular weight is 401 g/mol. The number of benzene rings is 2. The fourth-order valence-electron chi connectivity index (χ4n) is 3.39. The minimum absolute atomic E-state index is 0.0621. The third kappa shape index (κ3) is 8.67. The van der Waals surface area contributed by atoms with Crippen molar-refractivity contribution in [1.29, 1.82) is 0 Å². The van der Waals surface area contributed by atoms with Crippen LogP contribution in [0.2, 0.25) is 0 Å². The molecule has 0 aliphatic rings. The molecule has 0 spiro atoms. The SMILES string of the molecule is CC.CCCN(CCC)CCNC(c1ccc(CO)cc1)c1ccc(CO)cc1. The van der Waals surface area contributed by atoms with Crippen LogP contribution in [0, 0.1) is 0 Å². The fraction of sp³-hybridized carbons (Fsp3) is 0.520. The predicted molar refractivity (Wildman–Crippen MR) is 123 cm³/mol. The molecule has 0 aliphatic carbocycles. The summed E-state index contributed by atoms with van der Waals surface area (Å²) in [5.74, 6) is 0. The van der Waals surface area contributed by atoms with Crippen molar-refractivity contribution in [2.45, 2.75) is 59.8 Å². The molecule has 0 aliphatic heterocycles. The van der Waals surface area contributed by atoms with E-state index in [-0.39, 0.29) is 19.3 Å². The van der Waals surface area contributed by atoms with E-state index in [1.54, 1.807) is 0 Å². The Labute approximate surface area is 177 Å². The van der Waals surface area contributed by atoms with Crippen LogP contribution in [-0.4, -0.2) is 41.3 Å². The Kier molecular flexibility index (Phi) is 13.2. The van der Waals surface area contributed by atoms with Crippen molar-refractivity contribution < 1.29 is 10.2 Å². The maximum absolute atomic E-state index is 9.30. The zero-order valence-electron chi connectivity index (χ0n) is 18.7. The number of hydrogen-bond donors (Lipinski definition) is 3. The first-order valence-corrected chi connectivity index (χ1v) is 11.1. The molecule has 0 atom stereocenters. The molecule has 0 saturated heterocycles. The van der Waals surface area contributed by atoms with E-state index >= 15 is 0 Å². The van der Waals surface area contributed by atoms with Crippen molar-refractivity contribution in [2.24, 2.45) is 0 Å². The lowest BCUT2D eigenvalue weighted by Crippen LogP contribution is -2.35. The second kappa shape index (κ2) is 15.2. The summed E-state index contributed by atoms with van der Waals surface area (Å²) in [7, 11) is 0. The summed E-state index contributed by atoms with van der Waals surface area (Å²) in [6, 6.07) is 16.3. The highest BCUT2D eigenvalue weighted by atomic mass is 16.3. The molecule has 4 heteroatoms. The topological polar surface area (TPSA) is 55.7 Å². The van der Waals surface area contributed by atoms with Crippen LogP contribution in [-0.2, 0) is 13.2 Å². The Hall–Kier alpha value is -1.72. The maximum atomic E-state index is 9.30. The lowest BCUT2D eigenvalue weighted by molar-refractivity contribution is 0.271. The van der Waals surface area contributed by atoms with Gasteiger partial charge in [0.25, 0.3) is 0 Å². The van der Waals surface area contributed by atoms with Crippen LogP contribution in [0.3, 0.4) is 0 Å². The highest BCUT2D eigenvalue weighted by Crippen LogP contribution is 2.23. The molecule has 0 saturated carbocycles. The van der Waals surface area contributed by atoms with E-state index in [0.29, 0.717) is 0 Å². The van der Waals surface area contributed by atoms with Gasteiger partial charge in [0.2, 0.25) is 0 Å². The maximum Gasteiger partial charge on any atom is 0.0681 e. The van der Waals surface area contributed by atoms with Gasteiger partial charge in [0.1, 0.15) is 0 Å². The quantitative estimate of drug-likeness (QED) is 0.491. The van der Waals surface area contributed by atoms with Gasteiger partial charge in [-0.1, -0.05) is 76.2 Å². The summed E-state index contributed by atoms with van der Waals surface area (Å²) in [5, 5.41) is 22.3. The smallest absolute Gasteiger partial charge is 0.0681 e. The van der Waals surface area contributed by atoms with Crippen molar-refractivity contribution in [3.63, 3.8) is 0 Å². The van der Waals surface area contributed by atoms with E-state index in [0.717, 1.165) is 37.3 Å². The van der Waals surface area contributed by atoms with Crippen molar-refractivity contribution in [1.82, 2.24) is 10.2 Å². The number of hydrogen-bond acceptors (Lipinski definition) is 4. The number of aliphatic hydroxyl groups excluding tert-OH is 2. The van der Waals surface area contributed by atoms with Crippen LogP contribution in [0.5, 0.6) is 0 Å². The molecule has 2 aromatic carbocycles. The molecule has 162 valence electrons. The molecule has 0 unspecified atom stereocenters. The third-order valence-corrected chi connectivity index (χ3v) is 4.85. The average Bonchev–Trinajstić information content (AvgIpc) is 2.78. The van der Waals surface area contributed by atoms with Crippen LogP contribution < -0.4 is 5.32 Å². The monoisotopic (exact) mass is 400 g/mol. The van der Waals surface area contributed by atoms with E-state index in [1.165, 1.54) is 24.0 Å². The number of nitrogens with zero attached hydrogens (tertiary/aromatic N) is 1. The molecule has 0 fully saturated rings. The lowest BCUT2D eigenvalue weighted by Gasteiger charge is -2.25. The zero-order valence-corrected chi connectivity index (χ0v) is 18.7. The van der Waals surface area contributed by atoms with Gasteiger partial charge in [-0.15, -0.1) is 0 Å². The molecule has 0 amide bonds. The van der Waals surface area contributed by atoms with Crippen molar-refractivity contribution in [3.8, 4) is 0 Å². The molecular weight excluding hydrogens is 360 g/mol. The van der Waals surface area contributed by atoms with Crippen LogP contribution >= 0.6 is 0 Å². The van der Waals surface area contributed by atoms with Gasteiger partial charge in [-0.3, -0.25) is 0 Å². The van der Waals surface area contributed by atoms with E-state index in [4.69, 9.17) is 0 Å². The summed E-state index contributed by atoms with van der Waals surface area (Å²) < 4.78 is 0. The standard InChI is InChI=1S/C23H34N2O2.C2H6/c1-3-14-25(15-4-2)16-13-24-23(21-9-5-19(17-26)6-10-21)22-11-7-20(18-27)8-12-22;1-2/h5-12,23-24,26-27H,3-4,13-18H2,1-2H3;1-2H3. The molecule has 0 bridgehead atoms. The van der Waals surface area contributed by atoms with Crippen molar-refractivity contribution >= 4 is 0 Å². The minimum atomic E-state index is 0.0621. The minimum Gasteiger partial charge on any atom is -0.392 e. The summed E-state index contributed by atoms with van der Waals surface area (Å²) in [6.07, 6.45) is 2.35. The molecule has 0 heterocycles. The van der Waals surface area contributed by atoms with Crippen LogP contribution in [0.1, 0.15) is 68.8 Å². The molecule has 29 heavy (non-hydrogen) atoms. The summed E-state index contributed by atoms with van der Waals surface area (Å²) in [4.78, 5) is 2.51. The molecule has 3 N–H and O–H groups in total. The molecular formula is C25H40N2O2. The molecule has 4 nitrogen and oxygen atoms in total. The van der Waals surface area contributed by atoms with Crippen molar-refractivity contribution in [3.05, 3.63) is 70.8 Å². The van der Waals surface area contributed by atoms with E-state index in [1.807, 2.05) is 38.1 Å². The first kappa shape index (κ1) is 25.3. The first-order valence-electron chi connectivity index (χ1n) is 11.1. The Morgan fingerprint density at radius 2 is 1.14 bits per heavy atom. The van der Waals surface area contributed by atoms with Gasteiger partial charge < -0.3 is 20.4 Å². The highest BCUT2D eigenvalue weighted by molar-refractivity contribution is 5.35. The Balaban J connectivity index is 0.00000204. The van der Waals surface area contributed by atoms with Crippen LogP contribution in [0.25, 0.3) is 0 Å². The summed E-state index contributed by atoms with van der Waals surface area (Å²) in [5.41, 5.74) is 4.21. The van der Waals surface area contributed by atoms with Crippen LogP contribution in [0.4, 0.5) is 0 Å². The van der Waals surface area contributed by atoms with E-state index < -0.39 is 0 Å². The molecule has 2 aromatic rings.